The number of carbonyl (C=O) groups excluding carboxylic acids is 1. The third-order valence-electron chi connectivity index (χ3n) is 3.12. The largest absolute Gasteiger partial charge is 0.480 e. The molecule has 0 unspecified atom stereocenters. The highest BCUT2D eigenvalue weighted by Crippen LogP contribution is 2.18. The predicted molar refractivity (Wildman–Crippen MR) is 76.7 cm³/mol. The van der Waals surface area contributed by atoms with Gasteiger partial charge in [-0.15, -0.1) is 0 Å². The zero-order valence-corrected chi connectivity index (χ0v) is 12.0. The Kier molecular flexibility index (Phi) is 4.57. The summed E-state index contributed by atoms with van der Waals surface area (Å²) in [7, 11) is 0. The molecule has 1 atom stereocenters. The number of fused-ring (bicyclic) bond motifs is 1. The lowest BCUT2D eigenvalue weighted by Gasteiger charge is -2.16. The number of nitrogens with zero attached hydrogens (tertiary/aromatic N) is 1. The van der Waals surface area contributed by atoms with E-state index in [4.69, 9.17) is 9.63 Å². The number of rotatable bonds is 6. The molecule has 0 spiro atoms. The van der Waals surface area contributed by atoms with Gasteiger partial charge in [-0.25, -0.2) is 4.79 Å². The monoisotopic (exact) mass is 290 g/mol. The maximum atomic E-state index is 12.0. The summed E-state index contributed by atoms with van der Waals surface area (Å²) in [6, 6.07) is 6.36. The normalized spacial score (nSPS) is 12.5. The number of hydrogen-bond donors (Lipinski definition) is 2. The number of amides is 1. The van der Waals surface area contributed by atoms with Gasteiger partial charge in [0.05, 0.1) is 6.42 Å². The predicted octanol–water partition coefficient (Wildman–Crippen LogP) is 1.99. The minimum atomic E-state index is -1.03. The number of aliphatic carboxylic acids is 1. The molecule has 1 aromatic carbocycles. The molecule has 0 aliphatic rings. The number of para-hydroxylation sites is 1. The van der Waals surface area contributed by atoms with Crippen molar-refractivity contribution in [3.63, 3.8) is 0 Å². The molecule has 1 aromatic heterocycles. The molecule has 2 N–H and O–H groups in total. The van der Waals surface area contributed by atoms with E-state index in [1.54, 1.807) is 6.07 Å². The Morgan fingerprint density at radius 3 is 2.71 bits per heavy atom. The summed E-state index contributed by atoms with van der Waals surface area (Å²) < 4.78 is 5.12. The standard InChI is InChI=1S/C15H18N2O4/c1-9(2)7-12(15(19)20)16-14(18)8-11-10-5-3-4-6-13(10)21-17-11/h3-6,9,12H,7-8H2,1-2H3,(H,16,18)(H,19,20)/t12-/m1/s1. The summed E-state index contributed by atoms with van der Waals surface area (Å²) >= 11 is 0. The van der Waals surface area contributed by atoms with Crippen LogP contribution in [0.1, 0.15) is 26.0 Å². The van der Waals surface area contributed by atoms with Gasteiger partial charge in [0.2, 0.25) is 5.91 Å². The molecule has 0 saturated carbocycles. The van der Waals surface area contributed by atoms with Gasteiger partial charge < -0.3 is 14.9 Å². The number of carboxylic acid groups (broad SMARTS) is 1. The third-order valence-corrected chi connectivity index (χ3v) is 3.12. The van der Waals surface area contributed by atoms with Gasteiger partial charge in [-0.3, -0.25) is 4.79 Å². The Hall–Kier alpha value is -2.37. The number of hydrogen-bond acceptors (Lipinski definition) is 4. The Morgan fingerprint density at radius 1 is 1.33 bits per heavy atom. The van der Waals surface area contributed by atoms with Crippen LogP contribution in [0, 0.1) is 5.92 Å². The lowest BCUT2D eigenvalue weighted by atomic mass is 10.0. The number of benzene rings is 1. The van der Waals surface area contributed by atoms with Crippen molar-refractivity contribution in [1.82, 2.24) is 10.5 Å². The molecule has 0 bridgehead atoms. The number of carboxylic acids is 1. The zero-order chi connectivity index (χ0) is 15.4. The zero-order valence-electron chi connectivity index (χ0n) is 12.0. The smallest absolute Gasteiger partial charge is 0.326 e. The second-order valence-corrected chi connectivity index (χ2v) is 5.39. The van der Waals surface area contributed by atoms with Gasteiger partial charge in [0.15, 0.2) is 5.58 Å². The first kappa shape index (κ1) is 15.0. The highest BCUT2D eigenvalue weighted by atomic mass is 16.5. The van der Waals surface area contributed by atoms with Crippen LogP contribution in [0.15, 0.2) is 28.8 Å². The number of nitrogens with one attached hydrogen (secondary N) is 1. The van der Waals surface area contributed by atoms with E-state index in [0.717, 1.165) is 5.39 Å². The van der Waals surface area contributed by atoms with Crippen molar-refractivity contribution in [1.29, 1.82) is 0 Å². The molecule has 0 aliphatic heterocycles. The minimum Gasteiger partial charge on any atom is -0.480 e. The van der Waals surface area contributed by atoms with E-state index in [2.05, 4.69) is 10.5 Å². The fourth-order valence-electron chi connectivity index (χ4n) is 2.16. The Morgan fingerprint density at radius 2 is 2.05 bits per heavy atom. The highest BCUT2D eigenvalue weighted by molar-refractivity contribution is 5.88. The molecule has 6 heteroatoms. The first-order chi connectivity index (χ1) is 9.97. The lowest BCUT2D eigenvalue weighted by molar-refractivity contribution is -0.142. The quantitative estimate of drug-likeness (QED) is 0.848. The van der Waals surface area contributed by atoms with Gasteiger partial charge >= 0.3 is 5.97 Å². The van der Waals surface area contributed by atoms with Crippen LogP contribution < -0.4 is 5.32 Å². The molecule has 0 radical (unpaired) electrons. The van der Waals surface area contributed by atoms with E-state index >= 15 is 0 Å². The van der Waals surface area contributed by atoms with Gasteiger partial charge in [-0.1, -0.05) is 31.1 Å². The van der Waals surface area contributed by atoms with Crippen LogP contribution in [0.2, 0.25) is 0 Å². The van der Waals surface area contributed by atoms with Gasteiger partial charge in [0.1, 0.15) is 11.7 Å². The number of aromatic nitrogens is 1. The lowest BCUT2D eigenvalue weighted by Crippen LogP contribution is -2.42. The van der Waals surface area contributed by atoms with E-state index in [1.807, 2.05) is 32.0 Å². The van der Waals surface area contributed by atoms with Crippen LogP contribution in [0.5, 0.6) is 0 Å². The van der Waals surface area contributed by atoms with E-state index in [-0.39, 0.29) is 18.2 Å². The van der Waals surface area contributed by atoms with Crippen LogP contribution in [0.4, 0.5) is 0 Å². The topological polar surface area (TPSA) is 92.4 Å². The van der Waals surface area contributed by atoms with Gasteiger partial charge in [0.25, 0.3) is 0 Å². The van der Waals surface area contributed by atoms with Crippen molar-refractivity contribution in [3.05, 3.63) is 30.0 Å². The second-order valence-electron chi connectivity index (χ2n) is 5.39. The summed E-state index contributed by atoms with van der Waals surface area (Å²) in [4.78, 5) is 23.1. The molecule has 112 valence electrons. The Balaban J connectivity index is 2.05. The maximum Gasteiger partial charge on any atom is 0.326 e. The van der Waals surface area contributed by atoms with Gasteiger partial charge in [-0.2, -0.15) is 0 Å². The Bertz CT molecular complexity index is 648. The van der Waals surface area contributed by atoms with Crippen molar-refractivity contribution in [2.45, 2.75) is 32.7 Å². The fourth-order valence-corrected chi connectivity index (χ4v) is 2.16. The van der Waals surface area contributed by atoms with Crippen LogP contribution >= 0.6 is 0 Å². The van der Waals surface area contributed by atoms with Gasteiger partial charge in [0, 0.05) is 5.39 Å². The molecular formula is C15H18N2O4. The highest BCUT2D eigenvalue weighted by Gasteiger charge is 2.22. The van der Waals surface area contributed by atoms with Gasteiger partial charge in [-0.05, 0) is 24.5 Å². The maximum absolute atomic E-state index is 12.0. The average Bonchev–Trinajstić information content (AvgIpc) is 2.81. The minimum absolute atomic E-state index is 0.00110. The Labute approximate surface area is 122 Å². The third kappa shape index (κ3) is 3.81. The van der Waals surface area contributed by atoms with Crippen molar-refractivity contribution in [2.24, 2.45) is 5.92 Å². The molecular weight excluding hydrogens is 272 g/mol. The first-order valence-corrected chi connectivity index (χ1v) is 6.83. The summed E-state index contributed by atoms with van der Waals surface area (Å²) in [5.41, 5.74) is 1.12. The van der Waals surface area contributed by atoms with Crippen LogP contribution in [0.25, 0.3) is 11.0 Å². The van der Waals surface area contributed by atoms with Crippen molar-refractivity contribution >= 4 is 22.8 Å². The van der Waals surface area contributed by atoms with Crippen LogP contribution in [-0.4, -0.2) is 28.2 Å². The molecule has 1 heterocycles. The molecule has 1 amide bonds. The molecule has 6 nitrogen and oxygen atoms in total. The van der Waals surface area contributed by atoms with Crippen molar-refractivity contribution < 1.29 is 19.2 Å². The molecule has 2 aromatic rings. The van der Waals surface area contributed by atoms with E-state index < -0.39 is 12.0 Å². The molecule has 21 heavy (non-hydrogen) atoms. The molecule has 0 aliphatic carbocycles. The SMILES string of the molecule is CC(C)C[C@@H](NC(=O)Cc1noc2ccccc12)C(=O)O. The second kappa shape index (κ2) is 6.39. The first-order valence-electron chi connectivity index (χ1n) is 6.83. The molecule has 0 fully saturated rings. The fraction of sp³-hybridized carbons (Fsp3) is 0.400. The van der Waals surface area contributed by atoms with Crippen LogP contribution in [0.3, 0.4) is 0 Å². The molecule has 0 saturated heterocycles. The number of carbonyl (C=O) groups is 2. The summed E-state index contributed by atoms with van der Waals surface area (Å²) in [5.74, 6) is -1.22. The summed E-state index contributed by atoms with van der Waals surface area (Å²) in [6.07, 6.45) is 0.388. The average molecular weight is 290 g/mol. The van der Waals surface area contributed by atoms with E-state index in [9.17, 15) is 9.59 Å². The molecule has 2 rings (SSSR count). The van der Waals surface area contributed by atoms with E-state index in [1.165, 1.54) is 0 Å². The van der Waals surface area contributed by atoms with Crippen molar-refractivity contribution in [2.75, 3.05) is 0 Å². The van der Waals surface area contributed by atoms with Crippen LogP contribution in [-0.2, 0) is 16.0 Å². The van der Waals surface area contributed by atoms with E-state index in [0.29, 0.717) is 17.7 Å². The summed E-state index contributed by atoms with van der Waals surface area (Å²) in [6.45, 7) is 3.82. The summed E-state index contributed by atoms with van der Waals surface area (Å²) in [5, 5.41) is 16.3. The van der Waals surface area contributed by atoms with Crippen molar-refractivity contribution in [3.8, 4) is 0 Å².